The van der Waals surface area contributed by atoms with Gasteiger partial charge in [-0.15, -0.1) is 0 Å². The van der Waals surface area contributed by atoms with Gasteiger partial charge in [-0.3, -0.25) is 0 Å². The predicted molar refractivity (Wildman–Crippen MR) is 79.5 cm³/mol. The maximum Gasteiger partial charge on any atom is 0.243 e. The van der Waals surface area contributed by atoms with Crippen LogP contribution in [0.15, 0.2) is 21.5 Å². The molecule has 108 valence electrons. The number of nitrogens with zero attached hydrogens (tertiary/aromatic N) is 1. The lowest BCUT2D eigenvalue weighted by Gasteiger charge is -2.19. The van der Waals surface area contributed by atoms with E-state index in [1.165, 1.54) is 10.4 Å². The maximum absolute atomic E-state index is 12.5. The molecule has 0 bridgehead atoms. The van der Waals surface area contributed by atoms with Gasteiger partial charge in [-0.2, -0.15) is 0 Å². The number of aliphatic hydroxyl groups is 1. The summed E-state index contributed by atoms with van der Waals surface area (Å²) in [6, 6.07) is 3.30. The molecule has 19 heavy (non-hydrogen) atoms. The van der Waals surface area contributed by atoms with Gasteiger partial charge in [0.15, 0.2) is 0 Å². The highest BCUT2D eigenvalue weighted by Crippen LogP contribution is 2.29. The molecule has 0 amide bonds. The molecule has 6 heteroatoms. The molecule has 0 aliphatic rings. The second-order valence-corrected chi connectivity index (χ2v) is 7.37. The molecule has 4 nitrogen and oxygen atoms in total. The normalized spacial score (nSPS) is 12.1. The summed E-state index contributed by atoms with van der Waals surface area (Å²) in [5.74, 6) is 0. The SMILES string of the molecule is CCCCN(C)S(=O)(=O)c1cc(CO)cc(C)c1Br. The van der Waals surface area contributed by atoms with Crippen LogP contribution >= 0.6 is 15.9 Å². The first-order chi connectivity index (χ1) is 8.84. The van der Waals surface area contributed by atoms with Crippen molar-refractivity contribution < 1.29 is 13.5 Å². The standard InChI is InChI=1S/C13H20BrNO3S/c1-4-5-6-15(3)19(17,18)12-8-11(9-16)7-10(2)13(12)14/h7-8,16H,4-6,9H2,1-3H3. The number of aliphatic hydroxyl groups excluding tert-OH is 1. The van der Waals surface area contributed by atoms with Gasteiger partial charge in [-0.1, -0.05) is 19.4 Å². The second-order valence-electron chi connectivity index (χ2n) is 4.56. The van der Waals surface area contributed by atoms with Crippen LogP contribution in [-0.2, 0) is 16.6 Å². The lowest BCUT2D eigenvalue weighted by atomic mass is 10.1. The summed E-state index contributed by atoms with van der Waals surface area (Å²) in [7, 11) is -1.94. The van der Waals surface area contributed by atoms with Crippen molar-refractivity contribution in [2.45, 2.75) is 38.2 Å². The third-order valence-electron chi connectivity index (χ3n) is 2.98. The Hall–Kier alpha value is -0.430. The minimum atomic E-state index is -3.52. The average Bonchev–Trinajstić information content (AvgIpc) is 2.38. The van der Waals surface area contributed by atoms with Crippen molar-refractivity contribution in [2.24, 2.45) is 0 Å². The van der Waals surface area contributed by atoms with Crippen molar-refractivity contribution in [3.63, 3.8) is 0 Å². The van der Waals surface area contributed by atoms with Gasteiger partial charge in [-0.25, -0.2) is 12.7 Å². The van der Waals surface area contributed by atoms with Crippen molar-refractivity contribution in [3.8, 4) is 0 Å². The summed E-state index contributed by atoms with van der Waals surface area (Å²) in [6.07, 6.45) is 1.77. The van der Waals surface area contributed by atoms with E-state index in [-0.39, 0.29) is 11.5 Å². The quantitative estimate of drug-likeness (QED) is 0.858. The Bertz CT molecular complexity index is 543. The number of aryl methyl sites for hydroxylation is 1. The van der Waals surface area contributed by atoms with Crippen LogP contribution < -0.4 is 0 Å². The summed E-state index contributed by atoms with van der Waals surface area (Å²) in [5, 5.41) is 9.20. The van der Waals surface area contributed by atoms with Crippen molar-refractivity contribution in [3.05, 3.63) is 27.7 Å². The molecule has 0 saturated heterocycles. The largest absolute Gasteiger partial charge is 0.392 e. The topological polar surface area (TPSA) is 57.6 Å². The van der Waals surface area contributed by atoms with Crippen LogP contribution in [0, 0.1) is 6.92 Å². The van der Waals surface area contributed by atoms with Crippen molar-refractivity contribution in [1.82, 2.24) is 4.31 Å². The first kappa shape index (κ1) is 16.6. The Morgan fingerprint density at radius 3 is 2.53 bits per heavy atom. The van der Waals surface area contributed by atoms with Crippen LogP contribution in [0.3, 0.4) is 0 Å². The minimum Gasteiger partial charge on any atom is -0.392 e. The van der Waals surface area contributed by atoms with Crippen LogP contribution in [0.2, 0.25) is 0 Å². The van der Waals surface area contributed by atoms with E-state index in [9.17, 15) is 13.5 Å². The molecule has 1 aromatic carbocycles. The maximum atomic E-state index is 12.5. The molecule has 0 aromatic heterocycles. The third kappa shape index (κ3) is 3.78. The van der Waals surface area contributed by atoms with E-state index in [1.807, 2.05) is 13.8 Å². The summed E-state index contributed by atoms with van der Waals surface area (Å²) in [5.41, 5.74) is 1.40. The Kier molecular flexibility index (Phi) is 5.98. The van der Waals surface area contributed by atoms with Crippen molar-refractivity contribution in [1.29, 1.82) is 0 Å². The predicted octanol–water partition coefficient (Wildman–Crippen LogP) is 2.67. The molecule has 0 unspecified atom stereocenters. The van der Waals surface area contributed by atoms with Gasteiger partial charge in [0.2, 0.25) is 10.0 Å². The highest BCUT2D eigenvalue weighted by Gasteiger charge is 2.24. The molecular weight excluding hydrogens is 330 g/mol. The monoisotopic (exact) mass is 349 g/mol. The lowest BCUT2D eigenvalue weighted by molar-refractivity contribution is 0.281. The molecule has 0 radical (unpaired) electrons. The van der Waals surface area contributed by atoms with Gasteiger partial charge in [-0.05, 0) is 46.5 Å². The molecule has 0 spiro atoms. The molecule has 0 heterocycles. The third-order valence-corrected chi connectivity index (χ3v) is 6.17. The molecule has 0 fully saturated rings. The first-order valence-electron chi connectivity index (χ1n) is 6.20. The summed E-state index contributed by atoms with van der Waals surface area (Å²) in [6.45, 7) is 4.16. The zero-order valence-electron chi connectivity index (χ0n) is 11.5. The number of benzene rings is 1. The van der Waals surface area contributed by atoms with Gasteiger partial charge in [0.1, 0.15) is 0 Å². The highest BCUT2D eigenvalue weighted by molar-refractivity contribution is 9.10. The fraction of sp³-hybridized carbons (Fsp3) is 0.538. The molecule has 1 N–H and O–H groups in total. The molecule has 1 rings (SSSR count). The number of hydrogen-bond acceptors (Lipinski definition) is 3. The lowest BCUT2D eigenvalue weighted by Crippen LogP contribution is -2.28. The van der Waals surface area contributed by atoms with E-state index in [2.05, 4.69) is 15.9 Å². The Morgan fingerprint density at radius 2 is 2.00 bits per heavy atom. The summed E-state index contributed by atoms with van der Waals surface area (Å²) in [4.78, 5) is 0.218. The van der Waals surface area contributed by atoms with Gasteiger partial charge < -0.3 is 5.11 Å². The Morgan fingerprint density at radius 1 is 1.37 bits per heavy atom. The molecule has 0 saturated carbocycles. The first-order valence-corrected chi connectivity index (χ1v) is 8.44. The molecule has 0 aliphatic heterocycles. The van der Waals surface area contributed by atoms with E-state index in [1.54, 1.807) is 13.1 Å². The highest BCUT2D eigenvalue weighted by atomic mass is 79.9. The summed E-state index contributed by atoms with van der Waals surface area (Å²) < 4.78 is 26.9. The Labute approximate surface area is 123 Å². The number of unbranched alkanes of at least 4 members (excludes halogenated alkanes) is 1. The van der Waals surface area contributed by atoms with Crippen molar-refractivity contribution >= 4 is 26.0 Å². The molecular formula is C13H20BrNO3S. The molecule has 1 aromatic rings. The van der Waals surface area contributed by atoms with Crippen molar-refractivity contribution in [2.75, 3.05) is 13.6 Å². The van der Waals surface area contributed by atoms with E-state index in [4.69, 9.17) is 0 Å². The second kappa shape index (κ2) is 6.83. The van der Waals surface area contributed by atoms with Gasteiger partial charge in [0.05, 0.1) is 11.5 Å². The summed E-state index contributed by atoms with van der Waals surface area (Å²) >= 11 is 3.33. The van der Waals surface area contributed by atoms with Gasteiger partial charge in [0.25, 0.3) is 0 Å². The van der Waals surface area contributed by atoms with E-state index in [0.29, 0.717) is 16.6 Å². The fourth-order valence-corrected chi connectivity index (χ4v) is 3.99. The van der Waals surface area contributed by atoms with Crippen LogP contribution in [0.5, 0.6) is 0 Å². The number of halogens is 1. The van der Waals surface area contributed by atoms with Gasteiger partial charge in [0, 0.05) is 18.1 Å². The average molecular weight is 350 g/mol. The van der Waals surface area contributed by atoms with Crippen LogP contribution in [0.25, 0.3) is 0 Å². The smallest absolute Gasteiger partial charge is 0.243 e. The molecule has 0 atom stereocenters. The van der Waals surface area contributed by atoms with E-state index < -0.39 is 10.0 Å². The van der Waals surface area contributed by atoms with Crippen LogP contribution in [-0.4, -0.2) is 31.4 Å². The molecule has 0 aliphatic carbocycles. The van der Waals surface area contributed by atoms with E-state index >= 15 is 0 Å². The van der Waals surface area contributed by atoms with Gasteiger partial charge >= 0.3 is 0 Å². The van der Waals surface area contributed by atoms with Crippen LogP contribution in [0.4, 0.5) is 0 Å². The number of hydrogen-bond donors (Lipinski definition) is 1. The number of rotatable bonds is 6. The number of sulfonamides is 1. The van der Waals surface area contributed by atoms with E-state index in [0.717, 1.165) is 18.4 Å². The zero-order chi connectivity index (χ0) is 14.6. The zero-order valence-corrected chi connectivity index (χ0v) is 13.9. The van der Waals surface area contributed by atoms with Crippen LogP contribution in [0.1, 0.15) is 30.9 Å². The minimum absolute atomic E-state index is 0.171. The Balaban J connectivity index is 3.24. The fourth-order valence-electron chi connectivity index (χ4n) is 1.76.